The molecule has 1 atom stereocenters. The Morgan fingerprint density at radius 3 is 2.54 bits per heavy atom. The fraction of sp³-hybridized carbons (Fsp3) is 0.333. The third-order valence-electron chi connectivity index (χ3n) is 6.65. The van der Waals surface area contributed by atoms with Gasteiger partial charge in [0, 0.05) is 30.4 Å². The van der Waals surface area contributed by atoms with Gasteiger partial charge >= 0.3 is 6.18 Å². The van der Waals surface area contributed by atoms with E-state index in [9.17, 15) is 13.2 Å². The Balaban J connectivity index is 0.00000210. The van der Waals surface area contributed by atoms with Crippen molar-refractivity contribution in [3.63, 3.8) is 0 Å². The van der Waals surface area contributed by atoms with Gasteiger partial charge in [-0.15, -0.1) is 35.0 Å². The van der Waals surface area contributed by atoms with Crippen molar-refractivity contribution in [1.29, 1.82) is 0 Å². The van der Waals surface area contributed by atoms with E-state index in [0.717, 1.165) is 25.0 Å². The molecule has 0 radical (unpaired) electrons. The topological polar surface area (TPSA) is 76.1 Å². The molecule has 39 heavy (non-hydrogen) atoms. The molecule has 5 rings (SSSR count). The lowest BCUT2D eigenvalue weighted by Gasteiger charge is -2.31. The summed E-state index contributed by atoms with van der Waals surface area (Å²) in [6, 6.07) is 8.68. The van der Waals surface area contributed by atoms with Crippen LogP contribution in [0.15, 0.2) is 66.9 Å². The van der Waals surface area contributed by atoms with Gasteiger partial charge in [-0.25, -0.2) is 9.97 Å². The van der Waals surface area contributed by atoms with Gasteiger partial charge < -0.3 is 15.0 Å². The predicted molar refractivity (Wildman–Crippen MR) is 151 cm³/mol. The molecule has 1 fully saturated rings. The second-order valence-corrected chi connectivity index (χ2v) is 9.03. The number of morpholine rings is 1. The van der Waals surface area contributed by atoms with E-state index in [0.29, 0.717) is 60.6 Å². The fourth-order valence-electron chi connectivity index (χ4n) is 4.48. The highest BCUT2D eigenvalue weighted by molar-refractivity contribution is 5.85. The molecule has 1 saturated heterocycles. The first-order chi connectivity index (χ1) is 17.9. The van der Waals surface area contributed by atoms with Crippen molar-refractivity contribution in [1.82, 2.24) is 20.2 Å². The van der Waals surface area contributed by atoms with Crippen molar-refractivity contribution in [3.05, 3.63) is 72.5 Å². The highest BCUT2D eigenvalue weighted by atomic mass is 35.5. The van der Waals surface area contributed by atoms with Gasteiger partial charge in [0.05, 0.1) is 30.0 Å². The molecule has 1 aromatic carbocycles. The lowest BCUT2D eigenvalue weighted by molar-refractivity contribution is -0.137. The minimum absolute atomic E-state index is 0. The van der Waals surface area contributed by atoms with Crippen molar-refractivity contribution in [2.75, 3.05) is 36.5 Å². The highest BCUT2D eigenvalue weighted by Gasteiger charge is 2.31. The van der Waals surface area contributed by atoms with Crippen LogP contribution < -0.4 is 10.2 Å². The molecule has 208 valence electrons. The summed E-state index contributed by atoms with van der Waals surface area (Å²) in [4.78, 5) is 11.2. The molecule has 0 spiro atoms. The predicted octanol–water partition coefficient (Wildman–Crippen LogP) is 6.38. The standard InChI is InChI=1S/C27H27F3N6O.2ClH/c1-2-26(10-4-3-5-11-26)33-25-31-12-9-22(32-25)21-18-23(36-13-15-37-16-14-36)34-35-24(21)19-7-6-8-20(17-19)27(28,29)30;;/h3-10,12,17-18H,2,11,13-16H2,1H3,(H,31,32,33);2*1H/t26-;;/m1../s1. The molecule has 1 aliphatic heterocycles. The minimum atomic E-state index is -4.47. The number of anilines is 2. The number of benzene rings is 1. The summed E-state index contributed by atoms with van der Waals surface area (Å²) >= 11 is 0. The molecule has 7 nitrogen and oxygen atoms in total. The summed E-state index contributed by atoms with van der Waals surface area (Å²) in [6.45, 7) is 4.51. The first-order valence-corrected chi connectivity index (χ1v) is 12.2. The lowest BCUT2D eigenvalue weighted by atomic mass is 9.89. The Hall–Kier alpha value is -3.21. The molecular weight excluding hydrogens is 552 g/mol. The Morgan fingerprint density at radius 2 is 1.85 bits per heavy atom. The summed E-state index contributed by atoms with van der Waals surface area (Å²) in [5, 5.41) is 12.2. The summed E-state index contributed by atoms with van der Waals surface area (Å²) < 4.78 is 45.8. The summed E-state index contributed by atoms with van der Waals surface area (Å²) in [5.41, 5.74) is 0.680. The number of ether oxygens (including phenoxy) is 1. The molecule has 2 aliphatic rings. The summed E-state index contributed by atoms with van der Waals surface area (Å²) in [7, 11) is 0. The average Bonchev–Trinajstić information content (AvgIpc) is 2.93. The van der Waals surface area contributed by atoms with E-state index in [4.69, 9.17) is 9.72 Å². The molecule has 3 aromatic rings. The van der Waals surface area contributed by atoms with Crippen molar-refractivity contribution < 1.29 is 17.9 Å². The van der Waals surface area contributed by atoms with Crippen molar-refractivity contribution in [2.24, 2.45) is 0 Å². The molecule has 3 heterocycles. The van der Waals surface area contributed by atoms with Gasteiger partial charge in [0.2, 0.25) is 5.95 Å². The van der Waals surface area contributed by atoms with Gasteiger partial charge in [0.25, 0.3) is 0 Å². The van der Waals surface area contributed by atoms with Crippen LogP contribution in [0, 0.1) is 0 Å². The van der Waals surface area contributed by atoms with E-state index in [1.54, 1.807) is 18.3 Å². The normalized spacial score (nSPS) is 18.7. The van der Waals surface area contributed by atoms with Gasteiger partial charge in [-0.3, -0.25) is 0 Å². The molecule has 0 unspecified atom stereocenters. The van der Waals surface area contributed by atoms with E-state index in [1.165, 1.54) is 6.07 Å². The van der Waals surface area contributed by atoms with Crippen LogP contribution in [-0.2, 0) is 10.9 Å². The molecule has 1 N–H and O–H groups in total. The van der Waals surface area contributed by atoms with Gasteiger partial charge in [0.15, 0.2) is 5.82 Å². The maximum absolute atomic E-state index is 13.5. The maximum atomic E-state index is 13.5. The minimum Gasteiger partial charge on any atom is -0.378 e. The Labute approximate surface area is 237 Å². The number of hydrogen-bond acceptors (Lipinski definition) is 7. The number of nitrogens with zero attached hydrogens (tertiary/aromatic N) is 5. The third-order valence-corrected chi connectivity index (χ3v) is 6.65. The summed E-state index contributed by atoms with van der Waals surface area (Å²) in [6.07, 6.45) is 6.98. The molecule has 0 bridgehead atoms. The Morgan fingerprint density at radius 1 is 1.05 bits per heavy atom. The first kappa shape index (κ1) is 30.3. The lowest BCUT2D eigenvalue weighted by Crippen LogP contribution is -2.37. The van der Waals surface area contributed by atoms with Crippen molar-refractivity contribution >= 4 is 36.6 Å². The smallest absolute Gasteiger partial charge is 0.378 e. The molecular formula is C27H29Cl2F3N6O. The molecule has 1 aliphatic carbocycles. The van der Waals surface area contributed by atoms with Crippen LogP contribution in [0.3, 0.4) is 0 Å². The first-order valence-electron chi connectivity index (χ1n) is 12.2. The van der Waals surface area contributed by atoms with Crippen molar-refractivity contribution in [2.45, 2.75) is 31.5 Å². The molecule has 0 amide bonds. The van der Waals surface area contributed by atoms with E-state index >= 15 is 0 Å². The number of hydrogen-bond donors (Lipinski definition) is 1. The highest BCUT2D eigenvalue weighted by Crippen LogP contribution is 2.36. The van der Waals surface area contributed by atoms with E-state index in [2.05, 4.69) is 39.6 Å². The zero-order valence-electron chi connectivity index (χ0n) is 21.2. The number of halogens is 5. The average molecular weight is 581 g/mol. The zero-order valence-corrected chi connectivity index (χ0v) is 22.8. The third kappa shape index (κ3) is 6.87. The van der Waals surface area contributed by atoms with Crippen LogP contribution in [0.1, 0.15) is 25.3 Å². The second-order valence-electron chi connectivity index (χ2n) is 9.03. The Kier molecular flexibility index (Phi) is 9.93. The fourth-order valence-corrected chi connectivity index (χ4v) is 4.48. The van der Waals surface area contributed by atoms with E-state index < -0.39 is 11.7 Å². The van der Waals surface area contributed by atoms with Gasteiger partial charge in [-0.1, -0.05) is 43.4 Å². The van der Waals surface area contributed by atoms with Crippen LogP contribution in [0.2, 0.25) is 0 Å². The largest absolute Gasteiger partial charge is 0.416 e. The van der Waals surface area contributed by atoms with Crippen LogP contribution in [0.5, 0.6) is 0 Å². The van der Waals surface area contributed by atoms with Crippen LogP contribution in [-0.4, -0.2) is 52.0 Å². The van der Waals surface area contributed by atoms with Gasteiger partial charge in [-0.2, -0.15) is 13.2 Å². The van der Waals surface area contributed by atoms with Crippen LogP contribution >= 0.6 is 24.8 Å². The van der Waals surface area contributed by atoms with Gasteiger partial charge in [0.1, 0.15) is 5.69 Å². The number of allylic oxidation sites excluding steroid dienone is 2. The maximum Gasteiger partial charge on any atom is 0.416 e. The van der Waals surface area contributed by atoms with Crippen molar-refractivity contribution in [3.8, 4) is 22.5 Å². The van der Waals surface area contributed by atoms with E-state index in [-0.39, 0.29) is 30.4 Å². The summed E-state index contributed by atoms with van der Waals surface area (Å²) in [5.74, 6) is 1.05. The van der Waals surface area contributed by atoms with E-state index in [1.807, 2.05) is 23.1 Å². The molecule has 0 saturated carbocycles. The SMILES string of the molecule is CC[C@@]1(Nc2nccc(-c3cc(N4CCOCC4)nnc3-c3cccc(C(F)(F)F)c3)n2)C=CC=CC1.Cl.Cl. The Bertz CT molecular complexity index is 1330. The number of nitrogens with one attached hydrogen (secondary N) is 1. The molecule has 12 heteroatoms. The van der Waals surface area contributed by atoms with Crippen LogP contribution in [0.4, 0.5) is 24.9 Å². The van der Waals surface area contributed by atoms with Gasteiger partial charge in [-0.05, 0) is 37.1 Å². The second kappa shape index (κ2) is 12.8. The molecule has 2 aromatic heterocycles. The monoisotopic (exact) mass is 580 g/mol. The number of aromatic nitrogens is 4. The van der Waals surface area contributed by atoms with Crippen LogP contribution in [0.25, 0.3) is 22.5 Å². The number of alkyl halides is 3. The zero-order chi connectivity index (χ0) is 25.9. The number of rotatable bonds is 6. The quantitative estimate of drug-likeness (QED) is 0.362.